The van der Waals surface area contributed by atoms with Crippen molar-refractivity contribution in [2.24, 2.45) is 0 Å². The van der Waals surface area contributed by atoms with E-state index in [-0.39, 0.29) is 5.82 Å². The Morgan fingerprint density at radius 1 is 1.06 bits per heavy atom. The minimum Gasteiger partial charge on any atom is -0.374 e. The summed E-state index contributed by atoms with van der Waals surface area (Å²) in [6, 6.07) is 14.2. The summed E-state index contributed by atoms with van der Waals surface area (Å²) >= 11 is 0. The van der Waals surface area contributed by atoms with Gasteiger partial charge in [-0.15, -0.1) is 0 Å². The number of hydrogen-bond donors (Lipinski definition) is 2. The summed E-state index contributed by atoms with van der Waals surface area (Å²) < 4.78 is 26.3. The van der Waals surface area contributed by atoms with Crippen molar-refractivity contribution in [1.82, 2.24) is 14.9 Å². The Morgan fingerprint density at radius 2 is 1.77 bits per heavy atom. The van der Waals surface area contributed by atoms with Crippen LogP contribution in [-0.4, -0.2) is 70.2 Å². The van der Waals surface area contributed by atoms with E-state index in [0.29, 0.717) is 34.5 Å². The number of aliphatic hydroxyl groups is 1. The summed E-state index contributed by atoms with van der Waals surface area (Å²) in [5.74, 6) is 1.27. The highest BCUT2D eigenvalue weighted by molar-refractivity contribution is 7.85. The van der Waals surface area contributed by atoms with Gasteiger partial charge in [-0.25, -0.2) is 9.37 Å². The molecular weight excluding hydrogens is 467 g/mol. The molecular formula is C25H29FN6O2S. The maximum Gasteiger partial charge on any atom is 0.227 e. The predicted molar refractivity (Wildman–Crippen MR) is 136 cm³/mol. The first-order valence-electron chi connectivity index (χ1n) is 11.7. The zero-order valence-electron chi connectivity index (χ0n) is 19.8. The van der Waals surface area contributed by atoms with Crippen molar-refractivity contribution in [2.75, 3.05) is 61.1 Å². The van der Waals surface area contributed by atoms with Gasteiger partial charge < -0.3 is 20.2 Å². The Bertz CT molecular complexity index is 1230. The van der Waals surface area contributed by atoms with Gasteiger partial charge in [0.05, 0.1) is 16.5 Å². The summed E-state index contributed by atoms with van der Waals surface area (Å²) in [6.45, 7) is 3.08. The summed E-state index contributed by atoms with van der Waals surface area (Å²) in [7, 11) is 2.52. The molecule has 1 saturated heterocycles. The minimum absolute atomic E-state index is 0.345. The molecule has 0 aliphatic carbocycles. The van der Waals surface area contributed by atoms with Crippen LogP contribution in [0.3, 0.4) is 0 Å². The number of halogens is 1. The highest BCUT2D eigenvalue weighted by atomic mass is 32.2. The van der Waals surface area contributed by atoms with Gasteiger partial charge in [0.2, 0.25) is 5.95 Å². The van der Waals surface area contributed by atoms with Gasteiger partial charge in [-0.05, 0) is 50.0 Å². The topological polar surface area (TPSA) is 84.8 Å². The molecule has 3 heterocycles. The third kappa shape index (κ3) is 5.00. The Morgan fingerprint density at radius 3 is 2.46 bits per heavy atom. The van der Waals surface area contributed by atoms with Gasteiger partial charge in [0.15, 0.2) is 5.82 Å². The SMILES string of the molecule is CN(C)C(O)c1ccc(N2CCN(c3nc4c(c(Nc5cccc(F)c5)n3)S(=O)CC4)CC2)cc1. The maximum atomic E-state index is 13.7. The number of aliphatic hydroxyl groups excluding tert-OH is 1. The van der Waals surface area contributed by atoms with Gasteiger partial charge >= 0.3 is 0 Å². The summed E-state index contributed by atoms with van der Waals surface area (Å²) in [5, 5.41) is 13.4. The largest absolute Gasteiger partial charge is 0.374 e. The Hall–Kier alpha value is -3.08. The van der Waals surface area contributed by atoms with Crippen molar-refractivity contribution in [3.63, 3.8) is 0 Å². The van der Waals surface area contributed by atoms with E-state index in [1.165, 1.54) is 12.1 Å². The molecule has 0 bridgehead atoms. The standard InChI is InChI=1S/C25H29FN6O2S/c1-30(2)24(33)17-6-8-20(9-7-17)31-11-13-32(14-12-31)25-28-21-10-15-35(34)22(21)23(29-25)27-19-5-3-4-18(26)16-19/h3-9,16,24,33H,10-15H2,1-2H3,(H,27,28,29). The van der Waals surface area contributed by atoms with Crippen LogP contribution in [0.2, 0.25) is 0 Å². The fourth-order valence-electron chi connectivity index (χ4n) is 4.43. The van der Waals surface area contributed by atoms with Crippen LogP contribution in [0.4, 0.5) is 27.5 Å². The van der Waals surface area contributed by atoms with E-state index in [1.807, 2.05) is 38.4 Å². The maximum absolute atomic E-state index is 13.7. The number of aromatic nitrogens is 2. The summed E-state index contributed by atoms with van der Waals surface area (Å²) in [4.78, 5) is 16.3. The van der Waals surface area contributed by atoms with Crippen molar-refractivity contribution in [3.8, 4) is 0 Å². The Balaban J connectivity index is 1.32. The number of aryl methyl sites for hydroxylation is 1. The van der Waals surface area contributed by atoms with Crippen LogP contribution in [0.15, 0.2) is 53.4 Å². The normalized spacial score (nSPS) is 18.6. The van der Waals surface area contributed by atoms with Crippen LogP contribution in [-0.2, 0) is 17.2 Å². The molecule has 2 aromatic carbocycles. The lowest BCUT2D eigenvalue weighted by Crippen LogP contribution is -2.47. The van der Waals surface area contributed by atoms with E-state index in [2.05, 4.69) is 15.1 Å². The average molecular weight is 497 g/mol. The molecule has 35 heavy (non-hydrogen) atoms. The summed E-state index contributed by atoms with van der Waals surface area (Å²) in [6.07, 6.45) is 0.0165. The molecule has 5 rings (SSSR count). The van der Waals surface area contributed by atoms with Crippen molar-refractivity contribution in [2.45, 2.75) is 17.5 Å². The van der Waals surface area contributed by atoms with Gasteiger partial charge in [0.25, 0.3) is 0 Å². The van der Waals surface area contributed by atoms with E-state index < -0.39 is 17.0 Å². The van der Waals surface area contributed by atoms with Gasteiger partial charge in [0.1, 0.15) is 16.9 Å². The van der Waals surface area contributed by atoms with Gasteiger partial charge in [0, 0.05) is 49.7 Å². The first kappa shape index (κ1) is 23.7. The molecule has 2 unspecified atom stereocenters. The number of benzene rings is 2. The fourth-order valence-corrected chi connectivity index (χ4v) is 5.74. The number of rotatable bonds is 6. The fraction of sp³-hybridized carbons (Fsp3) is 0.360. The minimum atomic E-state index is -1.17. The second-order valence-corrected chi connectivity index (χ2v) is 10.5. The molecule has 0 radical (unpaired) electrons. The molecule has 2 aliphatic heterocycles. The second-order valence-electron chi connectivity index (χ2n) is 8.99. The lowest BCUT2D eigenvalue weighted by molar-refractivity contribution is 0.0395. The van der Waals surface area contributed by atoms with E-state index in [0.717, 1.165) is 43.1 Å². The van der Waals surface area contributed by atoms with Crippen LogP contribution in [0.25, 0.3) is 0 Å². The first-order chi connectivity index (χ1) is 16.9. The third-order valence-corrected chi connectivity index (χ3v) is 7.83. The van der Waals surface area contributed by atoms with E-state index in [4.69, 9.17) is 9.97 Å². The number of fused-ring (bicyclic) bond motifs is 1. The third-order valence-electron chi connectivity index (χ3n) is 6.37. The highest BCUT2D eigenvalue weighted by Crippen LogP contribution is 2.32. The average Bonchev–Trinajstić information content (AvgIpc) is 3.24. The van der Waals surface area contributed by atoms with Crippen LogP contribution in [0.1, 0.15) is 17.5 Å². The number of hydrogen-bond acceptors (Lipinski definition) is 8. The molecule has 2 atom stereocenters. The van der Waals surface area contributed by atoms with Gasteiger partial charge in [-0.2, -0.15) is 4.98 Å². The molecule has 2 N–H and O–H groups in total. The quantitative estimate of drug-likeness (QED) is 0.504. The molecule has 184 valence electrons. The number of piperazine rings is 1. The molecule has 0 amide bonds. The van der Waals surface area contributed by atoms with Gasteiger partial charge in [-0.1, -0.05) is 18.2 Å². The van der Waals surface area contributed by atoms with E-state index >= 15 is 0 Å². The van der Waals surface area contributed by atoms with Gasteiger partial charge in [-0.3, -0.25) is 9.11 Å². The van der Waals surface area contributed by atoms with Crippen LogP contribution < -0.4 is 15.1 Å². The smallest absolute Gasteiger partial charge is 0.227 e. The first-order valence-corrected chi connectivity index (χ1v) is 13.0. The highest BCUT2D eigenvalue weighted by Gasteiger charge is 2.28. The Kier molecular flexibility index (Phi) is 6.68. The molecule has 8 nitrogen and oxygen atoms in total. The lowest BCUT2D eigenvalue weighted by Gasteiger charge is -2.36. The van der Waals surface area contributed by atoms with Crippen molar-refractivity contribution >= 4 is 33.9 Å². The molecule has 10 heteroatoms. The molecule has 0 spiro atoms. The number of nitrogens with zero attached hydrogens (tertiary/aromatic N) is 5. The monoisotopic (exact) mass is 496 g/mol. The molecule has 1 fully saturated rings. The van der Waals surface area contributed by atoms with Crippen molar-refractivity contribution in [1.29, 1.82) is 0 Å². The van der Waals surface area contributed by atoms with E-state index in [9.17, 15) is 13.7 Å². The Labute approximate surface area is 206 Å². The molecule has 2 aliphatic rings. The molecule has 1 aromatic heterocycles. The molecule has 0 saturated carbocycles. The number of anilines is 4. The lowest BCUT2D eigenvalue weighted by atomic mass is 10.1. The van der Waals surface area contributed by atoms with Crippen LogP contribution in [0, 0.1) is 5.82 Å². The summed E-state index contributed by atoms with van der Waals surface area (Å²) in [5.41, 5.74) is 3.33. The predicted octanol–water partition coefficient (Wildman–Crippen LogP) is 2.90. The van der Waals surface area contributed by atoms with Crippen LogP contribution >= 0.6 is 0 Å². The van der Waals surface area contributed by atoms with Crippen molar-refractivity contribution in [3.05, 3.63) is 65.6 Å². The second kappa shape index (κ2) is 9.88. The number of nitrogens with one attached hydrogen (secondary N) is 1. The van der Waals surface area contributed by atoms with E-state index in [1.54, 1.807) is 17.0 Å². The molecule has 3 aromatic rings. The van der Waals surface area contributed by atoms with Crippen molar-refractivity contribution < 1.29 is 13.7 Å². The zero-order valence-corrected chi connectivity index (χ0v) is 20.6. The van der Waals surface area contributed by atoms with Crippen LogP contribution in [0.5, 0.6) is 0 Å². The zero-order chi connectivity index (χ0) is 24.5.